The first-order chi connectivity index (χ1) is 12.0. The molecule has 0 aliphatic carbocycles. The van der Waals surface area contributed by atoms with Gasteiger partial charge in [0.2, 0.25) is 10.0 Å². The van der Waals surface area contributed by atoms with Crippen molar-refractivity contribution >= 4 is 15.9 Å². The monoisotopic (exact) mass is 366 g/mol. The van der Waals surface area contributed by atoms with Crippen LogP contribution in [-0.2, 0) is 14.8 Å². The average molecular weight is 366 g/mol. The summed E-state index contributed by atoms with van der Waals surface area (Å²) in [6.07, 6.45) is 3.87. The lowest BCUT2D eigenvalue weighted by atomic mass is 10.0. The normalized spacial score (nSPS) is 22.8. The Morgan fingerprint density at radius 2 is 1.88 bits per heavy atom. The predicted octanol–water partition coefficient (Wildman–Crippen LogP) is 2.02. The number of hydrogen-bond donors (Lipinski definition) is 1. The number of ether oxygens (including phenoxy) is 1. The molecule has 2 fully saturated rings. The Morgan fingerprint density at radius 1 is 1.20 bits per heavy atom. The molecule has 2 aliphatic rings. The first kappa shape index (κ1) is 18.4. The lowest BCUT2D eigenvalue weighted by molar-refractivity contribution is 0.0857. The highest BCUT2D eigenvalue weighted by Gasteiger charge is 2.28. The van der Waals surface area contributed by atoms with Gasteiger partial charge in [-0.05, 0) is 55.9 Å². The quantitative estimate of drug-likeness (QED) is 0.865. The number of sulfonamides is 1. The maximum absolute atomic E-state index is 12.7. The van der Waals surface area contributed by atoms with Gasteiger partial charge in [0.15, 0.2) is 0 Å². The van der Waals surface area contributed by atoms with Gasteiger partial charge in [0, 0.05) is 31.8 Å². The van der Waals surface area contributed by atoms with Crippen molar-refractivity contribution < 1.29 is 17.9 Å². The van der Waals surface area contributed by atoms with Gasteiger partial charge in [-0.1, -0.05) is 6.92 Å². The Hall–Kier alpha value is -1.44. The molecular formula is C18H26N2O4S. The second kappa shape index (κ2) is 7.85. The molecule has 1 atom stereocenters. The highest BCUT2D eigenvalue weighted by atomic mass is 32.2. The van der Waals surface area contributed by atoms with Crippen molar-refractivity contribution in [2.75, 3.05) is 26.2 Å². The molecule has 1 aromatic rings. The van der Waals surface area contributed by atoms with Gasteiger partial charge in [-0.2, -0.15) is 4.31 Å². The Bertz CT molecular complexity index is 688. The molecule has 0 spiro atoms. The molecule has 1 aromatic carbocycles. The number of hydrogen-bond acceptors (Lipinski definition) is 4. The lowest BCUT2D eigenvalue weighted by Crippen LogP contribution is -2.37. The Balaban J connectivity index is 1.61. The molecule has 6 nitrogen and oxygen atoms in total. The van der Waals surface area contributed by atoms with E-state index in [1.807, 2.05) is 0 Å². The van der Waals surface area contributed by atoms with Crippen LogP contribution in [0.25, 0.3) is 0 Å². The Labute approximate surface area is 149 Å². The summed E-state index contributed by atoms with van der Waals surface area (Å²) in [5.41, 5.74) is 0.462. The molecule has 0 bridgehead atoms. The summed E-state index contributed by atoms with van der Waals surface area (Å²) in [5.74, 6) is 0.368. The van der Waals surface area contributed by atoms with Crippen molar-refractivity contribution in [3.05, 3.63) is 29.8 Å². The van der Waals surface area contributed by atoms with Crippen LogP contribution in [0.4, 0.5) is 0 Å². The topological polar surface area (TPSA) is 75.7 Å². The highest BCUT2D eigenvalue weighted by Crippen LogP contribution is 2.23. The number of carbonyl (C=O) groups excluding carboxylic acids is 1. The number of benzene rings is 1. The molecule has 7 heteroatoms. The van der Waals surface area contributed by atoms with E-state index in [9.17, 15) is 13.2 Å². The number of rotatable bonds is 5. The van der Waals surface area contributed by atoms with Crippen LogP contribution in [-0.4, -0.2) is 51.0 Å². The van der Waals surface area contributed by atoms with E-state index >= 15 is 0 Å². The molecule has 2 saturated heterocycles. The minimum atomic E-state index is -3.47. The summed E-state index contributed by atoms with van der Waals surface area (Å²) >= 11 is 0. The van der Waals surface area contributed by atoms with E-state index in [-0.39, 0.29) is 16.9 Å². The van der Waals surface area contributed by atoms with Crippen molar-refractivity contribution in [2.24, 2.45) is 5.92 Å². The maximum atomic E-state index is 12.7. The largest absolute Gasteiger partial charge is 0.376 e. The van der Waals surface area contributed by atoms with Gasteiger partial charge in [0.1, 0.15) is 0 Å². The summed E-state index contributed by atoms with van der Waals surface area (Å²) in [6, 6.07) is 6.19. The molecule has 0 unspecified atom stereocenters. The summed E-state index contributed by atoms with van der Waals surface area (Å²) < 4.78 is 32.4. The first-order valence-electron chi connectivity index (χ1n) is 8.97. The van der Waals surface area contributed by atoms with Crippen LogP contribution in [0.15, 0.2) is 29.2 Å². The summed E-state index contributed by atoms with van der Waals surface area (Å²) in [7, 11) is -3.47. The first-order valence-corrected chi connectivity index (χ1v) is 10.4. The van der Waals surface area contributed by atoms with Crippen molar-refractivity contribution in [2.45, 2.75) is 43.6 Å². The van der Waals surface area contributed by atoms with E-state index in [2.05, 4.69) is 12.2 Å². The van der Waals surface area contributed by atoms with Crippen LogP contribution in [0, 0.1) is 5.92 Å². The van der Waals surface area contributed by atoms with Crippen molar-refractivity contribution in [3.63, 3.8) is 0 Å². The van der Waals surface area contributed by atoms with E-state index in [1.54, 1.807) is 16.4 Å². The van der Waals surface area contributed by atoms with E-state index in [1.165, 1.54) is 12.1 Å². The molecule has 138 valence electrons. The molecule has 1 N–H and O–H groups in total. The fourth-order valence-electron chi connectivity index (χ4n) is 3.27. The molecule has 2 aliphatic heterocycles. The Morgan fingerprint density at radius 3 is 2.48 bits per heavy atom. The maximum Gasteiger partial charge on any atom is 0.251 e. The number of nitrogens with zero attached hydrogens (tertiary/aromatic N) is 1. The van der Waals surface area contributed by atoms with Crippen LogP contribution >= 0.6 is 0 Å². The van der Waals surface area contributed by atoms with Crippen LogP contribution < -0.4 is 5.32 Å². The van der Waals surface area contributed by atoms with Gasteiger partial charge < -0.3 is 10.1 Å². The van der Waals surface area contributed by atoms with Gasteiger partial charge in [-0.25, -0.2) is 8.42 Å². The standard InChI is InChI=1S/C18H26N2O4S/c1-14-8-10-20(11-9-14)25(22,23)17-6-4-15(5-7-17)18(21)19-13-16-3-2-12-24-16/h4-7,14,16H,2-3,8-13H2,1H3,(H,19,21)/t16-/m1/s1. The zero-order valence-corrected chi connectivity index (χ0v) is 15.4. The molecule has 0 saturated carbocycles. The number of carbonyl (C=O) groups is 1. The lowest BCUT2D eigenvalue weighted by Gasteiger charge is -2.29. The third-order valence-electron chi connectivity index (χ3n) is 5.01. The van der Waals surface area contributed by atoms with E-state index < -0.39 is 10.0 Å². The zero-order chi connectivity index (χ0) is 17.9. The van der Waals surface area contributed by atoms with Gasteiger partial charge >= 0.3 is 0 Å². The van der Waals surface area contributed by atoms with E-state index in [0.717, 1.165) is 32.3 Å². The molecule has 2 heterocycles. The van der Waals surface area contributed by atoms with Crippen LogP contribution in [0.1, 0.15) is 43.0 Å². The summed E-state index contributed by atoms with van der Waals surface area (Å²) in [5, 5.41) is 2.84. The van der Waals surface area contributed by atoms with Crippen LogP contribution in [0.5, 0.6) is 0 Å². The summed E-state index contributed by atoms with van der Waals surface area (Å²) in [6.45, 7) is 4.52. The van der Waals surface area contributed by atoms with Crippen molar-refractivity contribution in [1.29, 1.82) is 0 Å². The fraction of sp³-hybridized carbons (Fsp3) is 0.611. The van der Waals surface area contributed by atoms with Crippen LogP contribution in [0.3, 0.4) is 0 Å². The summed E-state index contributed by atoms with van der Waals surface area (Å²) in [4.78, 5) is 12.4. The van der Waals surface area contributed by atoms with Crippen molar-refractivity contribution in [1.82, 2.24) is 9.62 Å². The molecule has 0 aromatic heterocycles. The minimum Gasteiger partial charge on any atom is -0.376 e. The third kappa shape index (κ3) is 4.40. The van der Waals surface area contributed by atoms with Crippen molar-refractivity contribution in [3.8, 4) is 0 Å². The zero-order valence-electron chi connectivity index (χ0n) is 14.6. The predicted molar refractivity (Wildman–Crippen MR) is 94.9 cm³/mol. The number of nitrogens with one attached hydrogen (secondary N) is 1. The second-order valence-electron chi connectivity index (χ2n) is 6.96. The SMILES string of the molecule is CC1CCN(S(=O)(=O)c2ccc(C(=O)NC[C@H]3CCCO3)cc2)CC1. The number of amides is 1. The van der Waals surface area contributed by atoms with E-state index in [4.69, 9.17) is 4.74 Å². The van der Waals surface area contributed by atoms with Crippen LogP contribution in [0.2, 0.25) is 0 Å². The average Bonchev–Trinajstić information content (AvgIpc) is 3.14. The minimum absolute atomic E-state index is 0.0881. The second-order valence-corrected chi connectivity index (χ2v) is 8.89. The fourth-order valence-corrected chi connectivity index (χ4v) is 4.74. The molecule has 0 radical (unpaired) electrons. The Kier molecular flexibility index (Phi) is 5.76. The van der Waals surface area contributed by atoms with Gasteiger partial charge in [-0.3, -0.25) is 4.79 Å². The molecular weight excluding hydrogens is 340 g/mol. The molecule has 25 heavy (non-hydrogen) atoms. The van der Waals surface area contributed by atoms with Gasteiger partial charge in [-0.15, -0.1) is 0 Å². The molecule has 1 amide bonds. The smallest absolute Gasteiger partial charge is 0.251 e. The van der Waals surface area contributed by atoms with E-state index in [0.29, 0.717) is 31.1 Å². The highest BCUT2D eigenvalue weighted by molar-refractivity contribution is 7.89. The molecule has 3 rings (SSSR count). The van der Waals surface area contributed by atoms with Gasteiger partial charge in [0.05, 0.1) is 11.0 Å². The third-order valence-corrected chi connectivity index (χ3v) is 6.92. The van der Waals surface area contributed by atoms with Gasteiger partial charge in [0.25, 0.3) is 5.91 Å². The number of piperidine rings is 1.